The molecule has 0 fully saturated rings. The van der Waals surface area contributed by atoms with Gasteiger partial charge in [0.05, 0.1) is 54.6 Å². The Bertz CT molecular complexity index is 894. The van der Waals surface area contributed by atoms with Crippen molar-refractivity contribution in [1.82, 2.24) is 15.0 Å². The van der Waals surface area contributed by atoms with Crippen LogP contribution in [0.4, 0.5) is 0 Å². The highest BCUT2D eigenvalue weighted by Gasteiger charge is 2.17. The molecule has 2 heterocycles. The molecule has 24 heavy (non-hydrogen) atoms. The highest BCUT2D eigenvalue weighted by molar-refractivity contribution is 7.84. The fraction of sp³-hybridized carbons (Fsp3) is 0.250. The lowest BCUT2D eigenvalue weighted by Gasteiger charge is -2.10. The second-order valence-corrected chi connectivity index (χ2v) is 6.27. The third-order valence-corrected chi connectivity index (χ3v) is 4.68. The van der Waals surface area contributed by atoms with E-state index >= 15 is 0 Å². The molecule has 1 atom stereocenters. The fourth-order valence-electron chi connectivity index (χ4n) is 2.35. The Kier molecular flexibility index (Phi) is 4.66. The van der Waals surface area contributed by atoms with Crippen LogP contribution in [0.25, 0.3) is 11.0 Å². The third-order valence-electron chi connectivity index (χ3n) is 3.52. The second-order valence-electron chi connectivity index (χ2n) is 4.91. The Balaban J connectivity index is 1.90. The minimum atomic E-state index is -1.40. The van der Waals surface area contributed by atoms with Crippen LogP contribution < -0.4 is 14.2 Å². The molecular weight excluding hydrogens is 330 g/mol. The van der Waals surface area contributed by atoms with E-state index < -0.39 is 10.8 Å². The van der Waals surface area contributed by atoms with Crippen molar-refractivity contribution in [3.05, 3.63) is 36.2 Å². The molecule has 0 spiro atoms. The van der Waals surface area contributed by atoms with E-state index in [4.69, 9.17) is 14.2 Å². The molecule has 3 rings (SSSR count). The van der Waals surface area contributed by atoms with Gasteiger partial charge in [-0.3, -0.25) is 9.19 Å². The van der Waals surface area contributed by atoms with Gasteiger partial charge in [-0.2, -0.15) is 0 Å². The summed E-state index contributed by atoms with van der Waals surface area (Å²) in [5.74, 6) is 1.90. The highest BCUT2D eigenvalue weighted by Crippen LogP contribution is 2.30. The lowest BCUT2D eigenvalue weighted by atomic mass is 10.3. The van der Waals surface area contributed by atoms with Crippen LogP contribution in [0.2, 0.25) is 0 Å². The molecule has 0 saturated carbocycles. The lowest BCUT2D eigenvalue weighted by molar-refractivity contribution is 0.350. The number of pyridine rings is 1. The number of nitrogens with zero attached hydrogens (tertiary/aromatic N) is 2. The molecule has 3 aromatic rings. The van der Waals surface area contributed by atoms with Crippen molar-refractivity contribution >= 4 is 21.8 Å². The average Bonchev–Trinajstić information content (AvgIpc) is 3.04. The quantitative estimate of drug-likeness (QED) is 0.736. The maximum atomic E-state index is 12.7. The van der Waals surface area contributed by atoms with Crippen molar-refractivity contribution < 1.29 is 18.4 Å². The maximum Gasteiger partial charge on any atom is 0.197 e. The van der Waals surface area contributed by atoms with E-state index in [0.717, 1.165) is 11.0 Å². The summed E-state index contributed by atoms with van der Waals surface area (Å²) in [6.45, 7) is 0. The van der Waals surface area contributed by atoms with Gasteiger partial charge < -0.3 is 19.2 Å². The number of fused-ring (bicyclic) bond motifs is 1. The Labute approximate surface area is 141 Å². The molecule has 1 aromatic carbocycles. The molecule has 0 bridgehead atoms. The number of benzene rings is 1. The molecule has 126 valence electrons. The summed E-state index contributed by atoms with van der Waals surface area (Å²) in [5, 5.41) is 0.380. The van der Waals surface area contributed by atoms with E-state index in [9.17, 15) is 4.21 Å². The third kappa shape index (κ3) is 3.05. The summed E-state index contributed by atoms with van der Waals surface area (Å²) in [5.41, 5.74) is 2.04. The van der Waals surface area contributed by atoms with Crippen LogP contribution in [0, 0.1) is 0 Å². The first-order chi connectivity index (χ1) is 11.7. The average molecular weight is 347 g/mol. The van der Waals surface area contributed by atoms with Gasteiger partial charge in [-0.1, -0.05) is 0 Å². The van der Waals surface area contributed by atoms with E-state index in [2.05, 4.69) is 15.0 Å². The number of nitrogens with one attached hydrogen (secondary N) is 1. The number of H-pyrrole nitrogens is 1. The molecule has 0 aliphatic heterocycles. The molecule has 0 radical (unpaired) electrons. The van der Waals surface area contributed by atoms with E-state index in [1.807, 2.05) is 18.2 Å². The lowest BCUT2D eigenvalue weighted by Crippen LogP contribution is -2.04. The van der Waals surface area contributed by atoms with Crippen LogP contribution in [0.3, 0.4) is 0 Å². The second kappa shape index (κ2) is 6.88. The minimum absolute atomic E-state index is 0.164. The van der Waals surface area contributed by atoms with Crippen molar-refractivity contribution in [2.75, 3.05) is 21.3 Å². The van der Waals surface area contributed by atoms with Crippen LogP contribution in [-0.2, 0) is 16.6 Å². The SMILES string of the molecule is COc1ccc2nc([S@@](=O)Cc3nccc(OC)c3OC)[nH]c2c1. The maximum absolute atomic E-state index is 12.7. The molecule has 8 heteroatoms. The Hall–Kier alpha value is -2.61. The van der Waals surface area contributed by atoms with Gasteiger partial charge in [0.2, 0.25) is 0 Å². The normalized spacial score (nSPS) is 12.1. The van der Waals surface area contributed by atoms with Gasteiger partial charge in [0.1, 0.15) is 5.75 Å². The Morgan fingerprint density at radius 1 is 1.12 bits per heavy atom. The summed E-state index contributed by atoms with van der Waals surface area (Å²) in [6.07, 6.45) is 1.59. The van der Waals surface area contributed by atoms with Crippen molar-refractivity contribution in [1.29, 1.82) is 0 Å². The van der Waals surface area contributed by atoms with Gasteiger partial charge in [-0.25, -0.2) is 4.98 Å². The van der Waals surface area contributed by atoms with Crippen molar-refractivity contribution in [3.63, 3.8) is 0 Å². The number of hydrogen-bond acceptors (Lipinski definition) is 6. The molecule has 0 aliphatic carbocycles. The summed E-state index contributed by atoms with van der Waals surface area (Å²) in [6, 6.07) is 7.13. The van der Waals surface area contributed by atoms with Crippen LogP contribution in [-0.4, -0.2) is 40.5 Å². The molecule has 1 N–H and O–H groups in total. The monoisotopic (exact) mass is 347 g/mol. The van der Waals surface area contributed by atoms with Crippen LogP contribution in [0.1, 0.15) is 5.69 Å². The smallest absolute Gasteiger partial charge is 0.197 e. The zero-order valence-electron chi connectivity index (χ0n) is 13.5. The van der Waals surface area contributed by atoms with E-state index in [-0.39, 0.29) is 5.75 Å². The molecule has 0 saturated heterocycles. The standard InChI is InChI=1S/C16H17N3O4S/c1-21-10-4-5-11-12(8-10)19-16(18-11)24(20)9-13-15(23-3)14(22-2)6-7-17-13/h4-8H,9H2,1-3H3,(H,18,19)/t24-/m0/s1. The largest absolute Gasteiger partial charge is 0.497 e. The molecule has 0 aliphatic rings. The fourth-order valence-corrected chi connectivity index (χ4v) is 3.36. The van der Waals surface area contributed by atoms with Gasteiger partial charge >= 0.3 is 0 Å². The van der Waals surface area contributed by atoms with E-state index in [1.54, 1.807) is 26.5 Å². The van der Waals surface area contributed by atoms with Crippen LogP contribution in [0.5, 0.6) is 17.2 Å². The van der Waals surface area contributed by atoms with Crippen molar-refractivity contribution in [3.8, 4) is 17.2 Å². The van der Waals surface area contributed by atoms with Crippen molar-refractivity contribution in [2.24, 2.45) is 0 Å². The van der Waals surface area contributed by atoms with E-state index in [1.165, 1.54) is 7.11 Å². The molecule has 0 unspecified atom stereocenters. The van der Waals surface area contributed by atoms with Crippen LogP contribution >= 0.6 is 0 Å². The van der Waals surface area contributed by atoms with Gasteiger partial charge in [0, 0.05) is 18.3 Å². The molecule has 2 aromatic heterocycles. The zero-order chi connectivity index (χ0) is 17.1. The minimum Gasteiger partial charge on any atom is -0.497 e. The van der Waals surface area contributed by atoms with E-state index in [0.29, 0.717) is 28.1 Å². The van der Waals surface area contributed by atoms with Gasteiger partial charge in [0.25, 0.3) is 0 Å². The molecule has 7 nitrogen and oxygen atoms in total. The summed E-state index contributed by atoms with van der Waals surface area (Å²) in [7, 11) is 3.27. The summed E-state index contributed by atoms with van der Waals surface area (Å²) in [4.78, 5) is 11.7. The van der Waals surface area contributed by atoms with Gasteiger partial charge in [0.15, 0.2) is 16.7 Å². The summed E-state index contributed by atoms with van der Waals surface area (Å²) < 4.78 is 28.4. The number of hydrogen-bond donors (Lipinski definition) is 1. The first kappa shape index (κ1) is 16.3. The van der Waals surface area contributed by atoms with Crippen LogP contribution in [0.15, 0.2) is 35.6 Å². The zero-order valence-corrected chi connectivity index (χ0v) is 14.3. The number of rotatable bonds is 6. The topological polar surface area (TPSA) is 86.3 Å². The first-order valence-electron chi connectivity index (χ1n) is 7.14. The van der Waals surface area contributed by atoms with Gasteiger partial charge in [-0.05, 0) is 12.1 Å². The van der Waals surface area contributed by atoms with Gasteiger partial charge in [-0.15, -0.1) is 0 Å². The number of aromatic nitrogens is 3. The number of methoxy groups -OCH3 is 3. The number of aromatic amines is 1. The first-order valence-corrected chi connectivity index (χ1v) is 8.46. The molecular formula is C16H17N3O4S. The Morgan fingerprint density at radius 2 is 1.96 bits per heavy atom. The number of imidazole rings is 1. The highest BCUT2D eigenvalue weighted by atomic mass is 32.2. The predicted molar refractivity (Wildman–Crippen MR) is 90.1 cm³/mol. The predicted octanol–water partition coefficient (Wildman–Crippen LogP) is 2.29. The Morgan fingerprint density at radius 3 is 2.67 bits per heavy atom. The van der Waals surface area contributed by atoms with Crippen molar-refractivity contribution in [2.45, 2.75) is 10.9 Å². The summed E-state index contributed by atoms with van der Waals surface area (Å²) >= 11 is 0. The number of ether oxygens (including phenoxy) is 3. The molecule has 0 amide bonds.